The molecule has 0 heterocycles. The van der Waals surface area contributed by atoms with Crippen molar-refractivity contribution in [2.75, 3.05) is 13.2 Å². The lowest BCUT2D eigenvalue weighted by Gasteiger charge is -2.06. The Morgan fingerprint density at radius 3 is 2.00 bits per heavy atom. The molecular weight excluding hydrogens is 230 g/mol. The fraction of sp³-hybridized carbons (Fsp3) is 0.929. The summed E-state index contributed by atoms with van der Waals surface area (Å²) in [5, 5.41) is 11.7. The molecule has 0 spiro atoms. The molecular formula is C14H29NOS. The van der Waals surface area contributed by atoms with E-state index in [0.29, 0.717) is 6.54 Å². The molecule has 0 aromatic carbocycles. The Bertz CT molecular complexity index is 174. The van der Waals surface area contributed by atoms with Crippen molar-refractivity contribution < 1.29 is 5.11 Å². The second kappa shape index (κ2) is 13.9. The Morgan fingerprint density at radius 1 is 0.941 bits per heavy atom. The van der Waals surface area contributed by atoms with Crippen molar-refractivity contribution in [2.24, 2.45) is 0 Å². The zero-order chi connectivity index (χ0) is 12.8. The standard InChI is InChI=1S/C14H29NOS/c1-2-3-4-5-6-7-8-9-10-11-14(17)15-12-13-16/h16H,2-13H2,1H3,(H,15,17). The van der Waals surface area contributed by atoms with Crippen molar-refractivity contribution in [2.45, 2.75) is 71.1 Å². The van der Waals surface area contributed by atoms with Crippen LogP contribution in [0.2, 0.25) is 0 Å². The lowest BCUT2D eigenvalue weighted by molar-refractivity contribution is 0.300. The van der Waals surface area contributed by atoms with Gasteiger partial charge in [0.2, 0.25) is 0 Å². The van der Waals surface area contributed by atoms with Gasteiger partial charge in [-0.3, -0.25) is 0 Å². The van der Waals surface area contributed by atoms with Crippen LogP contribution in [0.1, 0.15) is 71.1 Å². The summed E-state index contributed by atoms with van der Waals surface area (Å²) >= 11 is 5.15. The normalized spacial score (nSPS) is 10.5. The van der Waals surface area contributed by atoms with Gasteiger partial charge < -0.3 is 10.4 Å². The minimum absolute atomic E-state index is 0.165. The number of aliphatic hydroxyl groups is 1. The highest BCUT2D eigenvalue weighted by atomic mass is 32.1. The smallest absolute Gasteiger partial charge is 0.0754 e. The van der Waals surface area contributed by atoms with E-state index in [0.717, 1.165) is 11.4 Å². The molecule has 0 saturated carbocycles. The maximum absolute atomic E-state index is 8.62. The molecule has 0 aromatic heterocycles. The van der Waals surface area contributed by atoms with E-state index in [2.05, 4.69) is 12.2 Å². The van der Waals surface area contributed by atoms with Crippen LogP contribution in [0.3, 0.4) is 0 Å². The number of unbranched alkanes of at least 4 members (excludes halogenated alkanes) is 8. The molecule has 17 heavy (non-hydrogen) atoms. The predicted octanol–water partition coefficient (Wildman–Crippen LogP) is 3.82. The van der Waals surface area contributed by atoms with E-state index in [1.165, 1.54) is 57.8 Å². The highest BCUT2D eigenvalue weighted by Crippen LogP contribution is 2.10. The van der Waals surface area contributed by atoms with E-state index in [9.17, 15) is 0 Å². The zero-order valence-corrected chi connectivity index (χ0v) is 12.2. The number of thiocarbonyl (C=S) groups is 1. The average molecular weight is 259 g/mol. The summed E-state index contributed by atoms with van der Waals surface area (Å²) < 4.78 is 0. The molecule has 2 N–H and O–H groups in total. The van der Waals surface area contributed by atoms with Crippen LogP contribution in [0.15, 0.2) is 0 Å². The molecule has 0 fully saturated rings. The lowest BCUT2D eigenvalue weighted by atomic mass is 10.1. The van der Waals surface area contributed by atoms with Gasteiger partial charge in [-0.05, 0) is 12.8 Å². The Hall–Kier alpha value is -0.150. The minimum atomic E-state index is 0.165. The second-order valence-electron chi connectivity index (χ2n) is 4.65. The molecule has 0 aliphatic rings. The molecule has 2 nitrogen and oxygen atoms in total. The molecule has 0 amide bonds. The van der Waals surface area contributed by atoms with E-state index in [1.54, 1.807) is 0 Å². The van der Waals surface area contributed by atoms with Gasteiger partial charge in [0.25, 0.3) is 0 Å². The second-order valence-corrected chi connectivity index (χ2v) is 5.14. The summed E-state index contributed by atoms with van der Waals surface area (Å²) in [5.74, 6) is 0. The largest absolute Gasteiger partial charge is 0.395 e. The van der Waals surface area contributed by atoms with E-state index in [1.807, 2.05) is 0 Å². The predicted molar refractivity (Wildman–Crippen MR) is 79.5 cm³/mol. The third-order valence-corrected chi connectivity index (χ3v) is 3.29. The van der Waals surface area contributed by atoms with Crippen LogP contribution < -0.4 is 5.32 Å². The summed E-state index contributed by atoms with van der Waals surface area (Å²) in [6, 6.07) is 0. The van der Waals surface area contributed by atoms with Crippen molar-refractivity contribution in [3.8, 4) is 0 Å². The average Bonchev–Trinajstić information content (AvgIpc) is 2.34. The topological polar surface area (TPSA) is 32.3 Å². The highest BCUT2D eigenvalue weighted by Gasteiger charge is 1.96. The Kier molecular flexibility index (Phi) is 13.8. The van der Waals surface area contributed by atoms with Gasteiger partial charge >= 0.3 is 0 Å². The van der Waals surface area contributed by atoms with Gasteiger partial charge in [0.05, 0.1) is 11.6 Å². The van der Waals surface area contributed by atoms with Gasteiger partial charge in [0, 0.05) is 6.54 Å². The molecule has 0 radical (unpaired) electrons. The SMILES string of the molecule is CCCCCCCCCCCC(=S)NCCO. The number of aliphatic hydroxyl groups excluding tert-OH is 1. The van der Waals surface area contributed by atoms with Gasteiger partial charge in [0.15, 0.2) is 0 Å². The molecule has 0 aromatic rings. The van der Waals surface area contributed by atoms with Gasteiger partial charge in [-0.15, -0.1) is 0 Å². The third kappa shape index (κ3) is 13.8. The first-order chi connectivity index (χ1) is 8.31. The fourth-order valence-corrected chi connectivity index (χ4v) is 2.13. The Balaban J connectivity index is 3.05. The molecule has 0 saturated heterocycles. The van der Waals surface area contributed by atoms with E-state index in [-0.39, 0.29) is 6.61 Å². The van der Waals surface area contributed by atoms with Crippen LogP contribution in [-0.4, -0.2) is 23.2 Å². The monoisotopic (exact) mass is 259 g/mol. The van der Waals surface area contributed by atoms with Crippen LogP contribution in [0.5, 0.6) is 0 Å². The summed E-state index contributed by atoms with van der Waals surface area (Å²) in [4.78, 5) is 0.905. The van der Waals surface area contributed by atoms with Crippen LogP contribution in [0.4, 0.5) is 0 Å². The molecule has 0 aliphatic carbocycles. The van der Waals surface area contributed by atoms with Crippen LogP contribution in [-0.2, 0) is 0 Å². The number of hydrogen-bond acceptors (Lipinski definition) is 2. The summed E-state index contributed by atoms with van der Waals surface area (Å²) in [7, 11) is 0. The van der Waals surface area contributed by atoms with Crippen molar-refractivity contribution in [1.82, 2.24) is 5.32 Å². The molecule has 0 rings (SSSR count). The summed E-state index contributed by atoms with van der Waals surface area (Å²) in [6.07, 6.45) is 13.1. The molecule has 3 heteroatoms. The number of rotatable bonds is 12. The lowest BCUT2D eigenvalue weighted by Crippen LogP contribution is -2.24. The van der Waals surface area contributed by atoms with Gasteiger partial charge in [0.1, 0.15) is 0 Å². The third-order valence-electron chi connectivity index (χ3n) is 2.94. The quantitative estimate of drug-likeness (QED) is 0.413. The van der Waals surface area contributed by atoms with Gasteiger partial charge in [-0.25, -0.2) is 0 Å². The summed E-state index contributed by atoms with van der Waals surface area (Å²) in [5.41, 5.74) is 0. The van der Waals surface area contributed by atoms with Crippen molar-refractivity contribution >= 4 is 17.2 Å². The maximum Gasteiger partial charge on any atom is 0.0754 e. The first kappa shape index (κ1) is 16.9. The van der Waals surface area contributed by atoms with Crippen LogP contribution in [0.25, 0.3) is 0 Å². The van der Waals surface area contributed by atoms with Crippen molar-refractivity contribution in [3.05, 3.63) is 0 Å². The highest BCUT2D eigenvalue weighted by molar-refractivity contribution is 7.80. The van der Waals surface area contributed by atoms with E-state index < -0.39 is 0 Å². The van der Waals surface area contributed by atoms with Crippen molar-refractivity contribution in [3.63, 3.8) is 0 Å². The molecule has 102 valence electrons. The van der Waals surface area contributed by atoms with E-state index in [4.69, 9.17) is 17.3 Å². The number of hydrogen-bond donors (Lipinski definition) is 2. The molecule has 0 unspecified atom stereocenters. The maximum atomic E-state index is 8.62. The Labute approximate surface area is 112 Å². The Morgan fingerprint density at radius 2 is 1.47 bits per heavy atom. The molecule has 0 atom stereocenters. The molecule has 0 bridgehead atoms. The first-order valence-corrected chi connectivity index (χ1v) is 7.59. The minimum Gasteiger partial charge on any atom is -0.395 e. The van der Waals surface area contributed by atoms with Crippen molar-refractivity contribution in [1.29, 1.82) is 0 Å². The van der Waals surface area contributed by atoms with Crippen LogP contribution >= 0.6 is 12.2 Å². The van der Waals surface area contributed by atoms with Gasteiger partial charge in [-0.2, -0.15) is 0 Å². The van der Waals surface area contributed by atoms with Gasteiger partial charge in [-0.1, -0.05) is 70.5 Å². The first-order valence-electron chi connectivity index (χ1n) is 7.18. The zero-order valence-electron chi connectivity index (χ0n) is 11.3. The van der Waals surface area contributed by atoms with Crippen LogP contribution in [0, 0.1) is 0 Å². The molecule has 0 aliphatic heterocycles. The summed E-state index contributed by atoms with van der Waals surface area (Å²) in [6.45, 7) is 3.02. The number of nitrogens with one attached hydrogen (secondary N) is 1. The fourth-order valence-electron chi connectivity index (χ4n) is 1.88. The van der Waals surface area contributed by atoms with E-state index >= 15 is 0 Å².